The van der Waals surface area contributed by atoms with E-state index >= 15 is 0 Å². The van der Waals surface area contributed by atoms with Crippen LogP contribution in [0, 0.1) is 12.3 Å². The number of piperidine rings is 1. The number of nitrogens with zero attached hydrogens (tertiary/aromatic N) is 3. The van der Waals surface area contributed by atoms with Gasteiger partial charge in [-0.05, 0) is 31.6 Å². The fourth-order valence-electron chi connectivity index (χ4n) is 3.27. The molecule has 5 heteroatoms. The smallest absolute Gasteiger partial charge is 0.194 e. The van der Waals surface area contributed by atoms with Crippen LogP contribution in [0.5, 0.6) is 0 Å². The maximum atomic E-state index is 4.47. The molecule has 118 valence electrons. The molecular weight excluding hydrogens is 280 g/mol. The maximum Gasteiger partial charge on any atom is 0.194 e. The first-order chi connectivity index (χ1) is 10.1. The van der Waals surface area contributed by atoms with Gasteiger partial charge in [-0.25, -0.2) is 4.98 Å². The van der Waals surface area contributed by atoms with Gasteiger partial charge in [0.05, 0.1) is 6.54 Å². The molecule has 1 unspecified atom stereocenters. The van der Waals surface area contributed by atoms with E-state index in [1.54, 1.807) is 11.3 Å². The van der Waals surface area contributed by atoms with Crippen molar-refractivity contribution in [1.82, 2.24) is 15.2 Å². The SMILES string of the molecule is CCCC1(C)CCCN(C(=NC)NCc2ncc(C)s2)C1. The van der Waals surface area contributed by atoms with Crippen molar-refractivity contribution >= 4 is 17.3 Å². The molecule has 1 aromatic rings. The first-order valence-corrected chi connectivity index (χ1v) is 8.75. The van der Waals surface area contributed by atoms with Gasteiger partial charge in [0.1, 0.15) is 5.01 Å². The molecule has 0 aromatic carbocycles. The largest absolute Gasteiger partial charge is 0.350 e. The molecule has 0 amide bonds. The van der Waals surface area contributed by atoms with Crippen molar-refractivity contribution in [3.63, 3.8) is 0 Å². The number of hydrogen-bond acceptors (Lipinski definition) is 3. The van der Waals surface area contributed by atoms with Crippen LogP contribution in [0.4, 0.5) is 0 Å². The molecule has 0 saturated carbocycles. The topological polar surface area (TPSA) is 40.5 Å². The van der Waals surface area contributed by atoms with Gasteiger partial charge in [0.15, 0.2) is 5.96 Å². The number of aryl methyl sites for hydroxylation is 1. The zero-order chi connectivity index (χ0) is 15.3. The number of hydrogen-bond donors (Lipinski definition) is 1. The summed E-state index contributed by atoms with van der Waals surface area (Å²) >= 11 is 1.75. The van der Waals surface area contributed by atoms with Crippen LogP contribution in [0.25, 0.3) is 0 Å². The van der Waals surface area contributed by atoms with E-state index < -0.39 is 0 Å². The Morgan fingerprint density at radius 1 is 1.57 bits per heavy atom. The summed E-state index contributed by atoms with van der Waals surface area (Å²) < 4.78 is 0. The lowest BCUT2D eigenvalue weighted by atomic mass is 9.78. The van der Waals surface area contributed by atoms with Crippen LogP contribution in [0.2, 0.25) is 0 Å². The molecule has 2 heterocycles. The minimum atomic E-state index is 0.433. The maximum absolute atomic E-state index is 4.47. The number of thiazole rings is 1. The Kier molecular flexibility index (Phi) is 5.62. The quantitative estimate of drug-likeness (QED) is 0.684. The first-order valence-electron chi connectivity index (χ1n) is 7.93. The third-order valence-corrected chi connectivity index (χ3v) is 5.13. The molecule has 1 atom stereocenters. The lowest BCUT2D eigenvalue weighted by Crippen LogP contribution is -2.49. The summed E-state index contributed by atoms with van der Waals surface area (Å²) in [6, 6.07) is 0. The van der Waals surface area contributed by atoms with E-state index in [4.69, 9.17) is 0 Å². The van der Waals surface area contributed by atoms with Crippen LogP contribution < -0.4 is 5.32 Å². The summed E-state index contributed by atoms with van der Waals surface area (Å²) in [5.74, 6) is 1.02. The van der Waals surface area contributed by atoms with Crippen molar-refractivity contribution in [2.45, 2.75) is 53.0 Å². The van der Waals surface area contributed by atoms with Crippen molar-refractivity contribution in [2.75, 3.05) is 20.1 Å². The second kappa shape index (κ2) is 7.25. The molecule has 1 N–H and O–H groups in total. The molecule has 0 aliphatic carbocycles. The van der Waals surface area contributed by atoms with Crippen LogP contribution in [0.15, 0.2) is 11.2 Å². The van der Waals surface area contributed by atoms with E-state index in [-0.39, 0.29) is 0 Å². The molecule has 2 rings (SSSR count). The predicted molar refractivity (Wildman–Crippen MR) is 90.9 cm³/mol. The average Bonchev–Trinajstić information content (AvgIpc) is 2.85. The van der Waals surface area contributed by atoms with Crippen molar-refractivity contribution in [1.29, 1.82) is 0 Å². The summed E-state index contributed by atoms with van der Waals surface area (Å²) in [5, 5.41) is 4.60. The Bertz CT molecular complexity index is 478. The molecule has 1 aromatic heterocycles. The van der Waals surface area contributed by atoms with Gasteiger partial charge in [-0.3, -0.25) is 4.99 Å². The average molecular weight is 308 g/mol. The highest BCUT2D eigenvalue weighted by atomic mass is 32.1. The lowest BCUT2D eigenvalue weighted by molar-refractivity contribution is 0.142. The van der Waals surface area contributed by atoms with Crippen LogP contribution in [-0.4, -0.2) is 36.0 Å². The zero-order valence-electron chi connectivity index (χ0n) is 13.8. The molecule has 1 aliphatic rings. The van der Waals surface area contributed by atoms with Gasteiger partial charge in [-0.15, -0.1) is 11.3 Å². The van der Waals surface area contributed by atoms with E-state index in [0.29, 0.717) is 5.41 Å². The van der Waals surface area contributed by atoms with Crippen molar-refractivity contribution in [3.05, 3.63) is 16.1 Å². The minimum absolute atomic E-state index is 0.433. The molecule has 21 heavy (non-hydrogen) atoms. The van der Waals surface area contributed by atoms with Gasteiger partial charge >= 0.3 is 0 Å². The molecule has 4 nitrogen and oxygen atoms in total. The van der Waals surface area contributed by atoms with E-state index in [2.05, 4.69) is 41.0 Å². The first kappa shape index (κ1) is 16.3. The Morgan fingerprint density at radius 3 is 3.00 bits per heavy atom. The lowest BCUT2D eigenvalue weighted by Gasteiger charge is -2.42. The van der Waals surface area contributed by atoms with E-state index in [1.807, 2.05) is 13.2 Å². The molecule has 0 radical (unpaired) electrons. The second-order valence-electron chi connectivity index (χ2n) is 6.35. The summed E-state index contributed by atoms with van der Waals surface area (Å²) in [6.07, 6.45) is 7.08. The number of nitrogens with one attached hydrogen (secondary N) is 1. The molecule has 0 bridgehead atoms. The van der Waals surface area contributed by atoms with Gasteiger partial charge in [0, 0.05) is 31.2 Å². The highest BCUT2D eigenvalue weighted by Gasteiger charge is 2.31. The molecule has 0 spiro atoms. The number of rotatable bonds is 4. The highest BCUT2D eigenvalue weighted by molar-refractivity contribution is 7.11. The monoisotopic (exact) mass is 308 g/mol. The zero-order valence-corrected chi connectivity index (χ0v) is 14.6. The van der Waals surface area contributed by atoms with Crippen LogP contribution in [0.3, 0.4) is 0 Å². The molecule has 1 saturated heterocycles. The number of likely N-dealkylation sites (tertiary alicyclic amines) is 1. The summed E-state index contributed by atoms with van der Waals surface area (Å²) in [6.45, 7) is 9.78. The van der Waals surface area contributed by atoms with Crippen molar-refractivity contribution in [3.8, 4) is 0 Å². The number of guanidine groups is 1. The Morgan fingerprint density at radius 2 is 2.38 bits per heavy atom. The summed E-state index contributed by atoms with van der Waals surface area (Å²) in [4.78, 5) is 12.6. The third kappa shape index (κ3) is 4.43. The van der Waals surface area contributed by atoms with Gasteiger partial charge in [0.25, 0.3) is 0 Å². The second-order valence-corrected chi connectivity index (χ2v) is 7.67. The van der Waals surface area contributed by atoms with E-state index in [9.17, 15) is 0 Å². The molecule has 1 aliphatic heterocycles. The third-order valence-electron chi connectivity index (χ3n) is 4.21. The van der Waals surface area contributed by atoms with E-state index in [0.717, 1.165) is 30.6 Å². The molecular formula is C16H28N4S. The fourth-order valence-corrected chi connectivity index (χ4v) is 4.00. The van der Waals surface area contributed by atoms with E-state index in [1.165, 1.54) is 30.6 Å². The number of aliphatic imine (C=N–C) groups is 1. The van der Waals surface area contributed by atoms with Gasteiger partial charge in [-0.2, -0.15) is 0 Å². The van der Waals surface area contributed by atoms with Gasteiger partial charge in [-0.1, -0.05) is 20.3 Å². The highest BCUT2D eigenvalue weighted by Crippen LogP contribution is 2.33. The summed E-state index contributed by atoms with van der Waals surface area (Å²) in [5.41, 5.74) is 0.433. The Balaban J connectivity index is 1.94. The van der Waals surface area contributed by atoms with Crippen LogP contribution in [0.1, 0.15) is 49.4 Å². The standard InChI is InChI=1S/C16H28N4S/c1-5-7-16(3)8-6-9-20(12-16)15(17-4)19-11-14-18-10-13(2)21-14/h10H,5-9,11-12H2,1-4H3,(H,17,19). The van der Waals surface area contributed by atoms with Gasteiger partial charge < -0.3 is 10.2 Å². The number of aromatic nitrogens is 1. The van der Waals surface area contributed by atoms with Gasteiger partial charge in [0.2, 0.25) is 0 Å². The minimum Gasteiger partial charge on any atom is -0.350 e. The fraction of sp³-hybridized carbons (Fsp3) is 0.750. The van der Waals surface area contributed by atoms with Crippen molar-refractivity contribution < 1.29 is 0 Å². The van der Waals surface area contributed by atoms with Crippen LogP contribution in [-0.2, 0) is 6.54 Å². The molecule has 1 fully saturated rings. The Hall–Kier alpha value is -1.10. The van der Waals surface area contributed by atoms with Crippen molar-refractivity contribution in [2.24, 2.45) is 10.4 Å². The van der Waals surface area contributed by atoms with Crippen LogP contribution >= 0.6 is 11.3 Å². The normalized spacial score (nSPS) is 23.4. The predicted octanol–water partition coefficient (Wildman–Crippen LogP) is 3.43. The summed E-state index contributed by atoms with van der Waals surface area (Å²) in [7, 11) is 1.88. The Labute approximate surface area is 132 Å².